The summed E-state index contributed by atoms with van der Waals surface area (Å²) in [6.45, 7) is 0.248. The average molecular weight is 285 g/mol. The zero-order valence-electron chi connectivity index (χ0n) is 9.23. The Hall–Kier alpha value is -1.56. The number of nitrogens with two attached hydrogens (primary N) is 1. The number of nitrogens with zero attached hydrogens (tertiary/aromatic N) is 2. The molecule has 0 saturated heterocycles. The molecule has 0 radical (unpaired) electrons. The Morgan fingerprint density at radius 2 is 2.06 bits per heavy atom. The van der Waals surface area contributed by atoms with Crippen molar-refractivity contribution in [2.24, 2.45) is 5.84 Å². The quantitative estimate of drug-likeness (QED) is 0.667. The molecule has 0 aliphatic heterocycles. The highest BCUT2D eigenvalue weighted by Crippen LogP contribution is 2.31. The van der Waals surface area contributed by atoms with Gasteiger partial charge in [-0.05, 0) is 12.1 Å². The summed E-state index contributed by atoms with van der Waals surface area (Å²) in [6, 6.07) is 5.19. The summed E-state index contributed by atoms with van der Waals surface area (Å²) < 4.78 is 5.51. The van der Waals surface area contributed by atoms with E-state index in [1.54, 1.807) is 24.4 Å². The number of benzene rings is 1. The fourth-order valence-electron chi connectivity index (χ4n) is 1.25. The van der Waals surface area contributed by atoms with Crippen LogP contribution >= 0.6 is 23.2 Å². The Morgan fingerprint density at radius 3 is 2.72 bits per heavy atom. The molecule has 0 amide bonds. The Kier molecular flexibility index (Phi) is 4.19. The number of hydrogen-bond acceptors (Lipinski definition) is 5. The van der Waals surface area contributed by atoms with Crippen LogP contribution in [-0.4, -0.2) is 9.97 Å². The molecular weight excluding hydrogens is 275 g/mol. The number of halogens is 2. The third-order valence-corrected chi connectivity index (χ3v) is 2.95. The van der Waals surface area contributed by atoms with Crippen LogP contribution in [0.2, 0.25) is 10.0 Å². The predicted molar refractivity (Wildman–Crippen MR) is 70.6 cm³/mol. The zero-order chi connectivity index (χ0) is 13.0. The van der Waals surface area contributed by atoms with E-state index in [1.165, 1.54) is 6.20 Å². The zero-order valence-corrected chi connectivity index (χ0v) is 10.7. The third kappa shape index (κ3) is 3.01. The predicted octanol–water partition coefficient (Wildman–Crippen LogP) is 2.65. The molecule has 2 rings (SSSR count). The molecule has 0 aliphatic rings. The molecule has 2 aromatic rings. The monoisotopic (exact) mass is 284 g/mol. The number of nitrogens with one attached hydrogen (secondary N) is 1. The molecule has 1 heterocycles. The first-order valence-corrected chi connectivity index (χ1v) is 5.80. The number of anilines is 1. The second-order valence-electron chi connectivity index (χ2n) is 3.38. The van der Waals surface area contributed by atoms with Gasteiger partial charge in [-0.15, -0.1) is 0 Å². The minimum atomic E-state index is 0.248. The van der Waals surface area contributed by atoms with Crippen LogP contribution < -0.4 is 16.0 Å². The van der Waals surface area contributed by atoms with E-state index in [9.17, 15) is 0 Å². The molecule has 0 aliphatic carbocycles. The molecule has 0 unspecified atom stereocenters. The van der Waals surface area contributed by atoms with Gasteiger partial charge in [-0.3, -0.25) is 4.98 Å². The van der Waals surface area contributed by atoms with Gasteiger partial charge in [-0.2, -0.15) is 0 Å². The van der Waals surface area contributed by atoms with Crippen molar-refractivity contribution in [3.63, 3.8) is 0 Å². The second kappa shape index (κ2) is 5.86. The van der Waals surface area contributed by atoms with E-state index >= 15 is 0 Å². The number of hydrazine groups is 1. The Labute approximate surface area is 114 Å². The molecule has 0 saturated carbocycles. The fraction of sp³-hybridized carbons (Fsp3) is 0.0909. The van der Waals surface area contributed by atoms with Crippen LogP contribution in [0.5, 0.6) is 5.75 Å². The van der Waals surface area contributed by atoms with E-state index in [0.29, 0.717) is 27.3 Å². The summed E-state index contributed by atoms with van der Waals surface area (Å²) in [4.78, 5) is 8.12. The normalized spacial score (nSPS) is 10.2. The molecule has 0 bridgehead atoms. The smallest absolute Gasteiger partial charge is 0.158 e. The van der Waals surface area contributed by atoms with Crippen LogP contribution in [0.4, 0.5) is 5.82 Å². The standard InChI is InChI=1S/C11H10Cl2N4O/c12-8-2-1-3-9(11(8)13)18-6-7-4-16-10(17-14)5-15-7/h1-5H,6,14H2,(H,16,17). The molecule has 5 nitrogen and oxygen atoms in total. The molecule has 0 spiro atoms. The number of rotatable bonds is 4. The van der Waals surface area contributed by atoms with Gasteiger partial charge in [0, 0.05) is 0 Å². The number of aromatic nitrogens is 2. The lowest BCUT2D eigenvalue weighted by atomic mass is 10.3. The van der Waals surface area contributed by atoms with Gasteiger partial charge in [-0.25, -0.2) is 10.8 Å². The number of ether oxygens (including phenoxy) is 1. The van der Waals surface area contributed by atoms with Crippen molar-refractivity contribution in [2.75, 3.05) is 5.43 Å². The van der Waals surface area contributed by atoms with Crippen LogP contribution in [0.3, 0.4) is 0 Å². The first-order valence-electron chi connectivity index (χ1n) is 5.05. The van der Waals surface area contributed by atoms with E-state index in [2.05, 4.69) is 15.4 Å². The molecule has 0 atom stereocenters. The fourth-order valence-corrected chi connectivity index (χ4v) is 1.60. The number of hydrogen-bond donors (Lipinski definition) is 2. The SMILES string of the molecule is NNc1cnc(COc2cccc(Cl)c2Cl)cn1. The lowest BCUT2D eigenvalue weighted by Gasteiger charge is -2.08. The molecule has 94 valence electrons. The second-order valence-corrected chi connectivity index (χ2v) is 4.16. The minimum Gasteiger partial charge on any atom is -0.486 e. The highest BCUT2D eigenvalue weighted by atomic mass is 35.5. The maximum Gasteiger partial charge on any atom is 0.158 e. The van der Waals surface area contributed by atoms with E-state index in [4.69, 9.17) is 33.8 Å². The average Bonchev–Trinajstić information content (AvgIpc) is 2.41. The van der Waals surface area contributed by atoms with Crippen molar-refractivity contribution in [1.82, 2.24) is 9.97 Å². The highest BCUT2D eigenvalue weighted by Gasteiger charge is 2.06. The summed E-state index contributed by atoms with van der Waals surface area (Å²) in [6.07, 6.45) is 3.08. The summed E-state index contributed by atoms with van der Waals surface area (Å²) in [5.41, 5.74) is 3.05. The first kappa shape index (κ1) is 12.9. The van der Waals surface area contributed by atoms with Gasteiger partial charge in [-0.1, -0.05) is 29.3 Å². The van der Waals surface area contributed by atoms with Gasteiger partial charge in [0.15, 0.2) is 5.82 Å². The summed E-state index contributed by atoms with van der Waals surface area (Å²) in [7, 11) is 0. The van der Waals surface area contributed by atoms with Gasteiger partial charge in [0.1, 0.15) is 17.4 Å². The topological polar surface area (TPSA) is 73.1 Å². The highest BCUT2D eigenvalue weighted by molar-refractivity contribution is 6.42. The van der Waals surface area contributed by atoms with Crippen LogP contribution in [0.1, 0.15) is 5.69 Å². The van der Waals surface area contributed by atoms with Crippen LogP contribution in [-0.2, 0) is 6.61 Å². The third-order valence-electron chi connectivity index (χ3n) is 2.14. The molecule has 0 fully saturated rings. The van der Waals surface area contributed by atoms with E-state index in [0.717, 1.165) is 0 Å². The minimum absolute atomic E-state index is 0.248. The van der Waals surface area contributed by atoms with Gasteiger partial charge >= 0.3 is 0 Å². The van der Waals surface area contributed by atoms with Crippen LogP contribution in [0, 0.1) is 0 Å². The lowest BCUT2D eigenvalue weighted by Crippen LogP contribution is -2.09. The Morgan fingerprint density at radius 1 is 1.22 bits per heavy atom. The van der Waals surface area contributed by atoms with E-state index < -0.39 is 0 Å². The number of nitrogen functional groups attached to an aromatic ring is 1. The van der Waals surface area contributed by atoms with Crippen molar-refractivity contribution < 1.29 is 4.74 Å². The summed E-state index contributed by atoms with van der Waals surface area (Å²) in [5, 5.41) is 0.829. The first-order chi connectivity index (χ1) is 8.70. The summed E-state index contributed by atoms with van der Waals surface area (Å²) >= 11 is 11.9. The van der Waals surface area contributed by atoms with Gasteiger partial charge in [0.25, 0.3) is 0 Å². The van der Waals surface area contributed by atoms with Crippen LogP contribution in [0.25, 0.3) is 0 Å². The Balaban J connectivity index is 2.04. The molecule has 7 heteroatoms. The molecule has 1 aromatic heterocycles. The van der Waals surface area contributed by atoms with E-state index in [1.807, 2.05) is 0 Å². The van der Waals surface area contributed by atoms with Crippen molar-refractivity contribution in [2.45, 2.75) is 6.61 Å². The van der Waals surface area contributed by atoms with Crippen molar-refractivity contribution >= 4 is 29.0 Å². The van der Waals surface area contributed by atoms with Crippen LogP contribution in [0.15, 0.2) is 30.6 Å². The largest absolute Gasteiger partial charge is 0.486 e. The summed E-state index contributed by atoms with van der Waals surface area (Å²) in [5.74, 6) is 6.18. The Bertz CT molecular complexity index is 533. The molecular formula is C11H10Cl2N4O. The van der Waals surface area contributed by atoms with Crippen molar-refractivity contribution in [3.8, 4) is 5.75 Å². The van der Waals surface area contributed by atoms with E-state index in [-0.39, 0.29) is 6.61 Å². The van der Waals surface area contributed by atoms with Gasteiger partial charge in [0.05, 0.1) is 23.1 Å². The van der Waals surface area contributed by atoms with Gasteiger partial charge < -0.3 is 10.2 Å². The molecule has 3 N–H and O–H groups in total. The lowest BCUT2D eigenvalue weighted by molar-refractivity contribution is 0.301. The molecule has 18 heavy (non-hydrogen) atoms. The molecule has 1 aromatic carbocycles. The van der Waals surface area contributed by atoms with Crippen molar-refractivity contribution in [3.05, 3.63) is 46.3 Å². The van der Waals surface area contributed by atoms with Gasteiger partial charge in [0.2, 0.25) is 0 Å². The van der Waals surface area contributed by atoms with Crippen molar-refractivity contribution in [1.29, 1.82) is 0 Å². The maximum atomic E-state index is 5.99. The maximum absolute atomic E-state index is 5.99.